The molecule has 1 amide bonds. The molecule has 7 heteroatoms. The van der Waals surface area contributed by atoms with Crippen LogP contribution < -0.4 is 15.5 Å². The number of nitrogens with one attached hydrogen (secondary N) is 2. The van der Waals surface area contributed by atoms with E-state index < -0.39 is 11.9 Å². The number of halogens is 1. The van der Waals surface area contributed by atoms with Crippen molar-refractivity contribution >= 4 is 34.4 Å². The largest absolute Gasteiger partial charge is 0.357 e. The van der Waals surface area contributed by atoms with Crippen LogP contribution in [0.2, 0.25) is 0 Å². The predicted molar refractivity (Wildman–Crippen MR) is 143 cm³/mol. The van der Waals surface area contributed by atoms with Crippen LogP contribution in [0.3, 0.4) is 0 Å². The molecule has 2 aliphatic rings. The van der Waals surface area contributed by atoms with Crippen LogP contribution in [0.1, 0.15) is 43.2 Å². The number of hydrogen-bond donors (Lipinski definition) is 2. The number of thiophene rings is 1. The zero-order valence-electron chi connectivity index (χ0n) is 20.5. The maximum Gasteiger partial charge on any atom is 0.239 e. The fourth-order valence-electron chi connectivity index (χ4n) is 5.24. The summed E-state index contributed by atoms with van der Waals surface area (Å²) >= 11 is 1.66. The van der Waals surface area contributed by atoms with Crippen molar-refractivity contribution in [1.82, 2.24) is 5.32 Å². The van der Waals surface area contributed by atoms with Crippen molar-refractivity contribution in [2.75, 3.05) is 23.3 Å². The molecule has 0 radical (unpaired) electrons. The number of anilines is 2. The highest BCUT2D eigenvalue weighted by molar-refractivity contribution is 7.09. The minimum absolute atomic E-state index is 0.00438. The van der Waals surface area contributed by atoms with Gasteiger partial charge in [0.15, 0.2) is 5.78 Å². The van der Waals surface area contributed by atoms with Crippen molar-refractivity contribution in [2.45, 2.75) is 39.2 Å². The lowest BCUT2D eigenvalue weighted by molar-refractivity contribution is -0.120. The van der Waals surface area contributed by atoms with Gasteiger partial charge in [0.05, 0.1) is 24.0 Å². The summed E-state index contributed by atoms with van der Waals surface area (Å²) in [4.78, 5) is 29.9. The van der Waals surface area contributed by atoms with Gasteiger partial charge in [-0.3, -0.25) is 9.59 Å². The SMILES string of the molecule is CC1(C)CC(=O)C2=C(C1)Nc1ccccc1N(CC(=O)NCCc1cccs1)C2c1ccccc1F. The number of Topliss-reactive ketones (excluding diaryl/α,β-unsaturated/α-hetero) is 1. The van der Waals surface area contributed by atoms with Gasteiger partial charge in [-0.1, -0.05) is 50.2 Å². The highest BCUT2D eigenvalue weighted by Gasteiger charge is 2.42. The third kappa shape index (κ3) is 4.93. The van der Waals surface area contributed by atoms with Gasteiger partial charge in [0.25, 0.3) is 0 Å². The van der Waals surface area contributed by atoms with Crippen LogP contribution in [0, 0.1) is 11.2 Å². The second-order valence-electron chi connectivity index (χ2n) is 10.2. The van der Waals surface area contributed by atoms with Gasteiger partial charge in [0.2, 0.25) is 5.91 Å². The lowest BCUT2D eigenvalue weighted by Crippen LogP contribution is -2.42. The van der Waals surface area contributed by atoms with E-state index in [-0.39, 0.29) is 23.7 Å². The third-order valence-corrected chi connectivity index (χ3v) is 7.73. The number of ketones is 1. The number of rotatable bonds is 6. The van der Waals surface area contributed by atoms with Crippen LogP contribution in [0.4, 0.5) is 15.8 Å². The first-order chi connectivity index (χ1) is 17.3. The van der Waals surface area contributed by atoms with Gasteiger partial charge < -0.3 is 15.5 Å². The molecule has 0 saturated heterocycles. The molecular formula is C29H30FN3O2S. The number of hydrogen-bond acceptors (Lipinski definition) is 5. The first-order valence-corrected chi connectivity index (χ1v) is 13.1. The van der Waals surface area contributed by atoms with Crippen LogP contribution in [0.15, 0.2) is 77.3 Å². The molecule has 0 bridgehead atoms. The van der Waals surface area contributed by atoms with Gasteiger partial charge in [-0.2, -0.15) is 0 Å². The van der Waals surface area contributed by atoms with Crippen molar-refractivity contribution in [3.8, 4) is 0 Å². The van der Waals surface area contributed by atoms with Crippen molar-refractivity contribution in [3.63, 3.8) is 0 Å². The standard InChI is InChI=1S/C29H30FN3O2S/c1-29(2)16-23-27(25(34)17-29)28(20-9-3-4-10-21(20)30)33(24-12-6-5-11-22(24)32-23)18-26(35)31-14-13-19-8-7-15-36-19/h3-12,15,28,32H,13-14,16-18H2,1-2H3,(H,31,35). The first-order valence-electron chi connectivity index (χ1n) is 12.2. The summed E-state index contributed by atoms with van der Waals surface area (Å²) in [5.74, 6) is -0.581. The molecule has 1 unspecified atom stereocenters. The summed E-state index contributed by atoms with van der Waals surface area (Å²) in [6, 6.07) is 17.6. The summed E-state index contributed by atoms with van der Waals surface area (Å²) < 4.78 is 15.3. The Bertz CT molecular complexity index is 1320. The summed E-state index contributed by atoms with van der Waals surface area (Å²) in [6.07, 6.45) is 1.78. The quantitative estimate of drug-likeness (QED) is 0.442. The molecular weight excluding hydrogens is 473 g/mol. The lowest BCUT2D eigenvalue weighted by atomic mass is 9.73. The van der Waals surface area contributed by atoms with E-state index in [4.69, 9.17) is 0 Å². The number of nitrogens with zero attached hydrogens (tertiary/aromatic N) is 1. The molecule has 186 valence electrons. The molecule has 2 aromatic carbocycles. The molecule has 36 heavy (non-hydrogen) atoms. The van der Waals surface area contributed by atoms with Gasteiger partial charge in [0.1, 0.15) is 5.82 Å². The van der Waals surface area contributed by atoms with Crippen LogP contribution >= 0.6 is 11.3 Å². The molecule has 2 heterocycles. The molecule has 1 aromatic heterocycles. The van der Waals surface area contributed by atoms with Crippen LogP contribution in [0.25, 0.3) is 0 Å². The Morgan fingerprint density at radius 3 is 2.67 bits per heavy atom. The Labute approximate surface area is 215 Å². The maximum absolute atomic E-state index is 15.3. The predicted octanol–water partition coefficient (Wildman–Crippen LogP) is 5.86. The van der Waals surface area contributed by atoms with Gasteiger partial charge in [-0.15, -0.1) is 11.3 Å². The molecule has 2 N–H and O–H groups in total. The van der Waals surface area contributed by atoms with Crippen molar-refractivity contribution in [1.29, 1.82) is 0 Å². The zero-order valence-corrected chi connectivity index (χ0v) is 21.3. The van der Waals surface area contributed by atoms with E-state index >= 15 is 4.39 Å². The number of allylic oxidation sites excluding steroid dienone is 1. The molecule has 0 saturated carbocycles. The summed E-state index contributed by atoms with van der Waals surface area (Å²) in [5, 5.41) is 8.53. The van der Waals surface area contributed by atoms with Gasteiger partial charge in [0, 0.05) is 34.7 Å². The van der Waals surface area contributed by atoms with Crippen LogP contribution in [0.5, 0.6) is 0 Å². The zero-order chi connectivity index (χ0) is 25.3. The number of amides is 1. The van der Waals surface area contributed by atoms with E-state index in [0.717, 1.165) is 23.5 Å². The van der Waals surface area contributed by atoms with Crippen LogP contribution in [-0.2, 0) is 16.0 Å². The van der Waals surface area contributed by atoms with Gasteiger partial charge >= 0.3 is 0 Å². The third-order valence-electron chi connectivity index (χ3n) is 6.79. The molecule has 1 atom stereocenters. The first kappa shape index (κ1) is 24.3. The number of fused-ring (bicyclic) bond motifs is 1. The average Bonchev–Trinajstić information content (AvgIpc) is 3.30. The van der Waals surface area contributed by atoms with E-state index in [2.05, 4.69) is 24.5 Å². The van der Waals surface area contributed by atoms with Crippen molar-refractivity contribution in [2.24, 2.45) is 5.41 Å². The van der Waals surface area contributed by atoms with E-state index in [9.17, 15) is 9.59 Å². The molecule has 0 fully saturated rings. The Kier molecular flexibility index (Phi) is 6.67. The fraction of sp³-hybridized carbons (Fsp3) is 0.310. The van der Waals surface area contributed by atoms with E-state index in [1.807, 2.05) is 46.7 Å². The van der Waals surface area contributed by atoms with Gasteiger partial charge in [-0.05, 0) is 47.9 Å². The smallest absolute Gasteiger partial charge is 0.239 e. The van der Waals surface area contributed by atoms with Crippen LogP contribution in [-0.4, -0.2) is 24.8 Å². The monoisotopic (exact) mass is 503 g/mol. The van der Waals surface area contributed by atoms with Gasteiger partial charge in [-0.25, -0.2) is 4.39 Å². The molecule has 5 rings (SSSR count). The Morgan fingerprint density at radius 1 is 1.11 bits per heavy atom. The lowest BCUT2D eigenvalue weighted by Gasteiger charge is -2.38. The second-order valence-corrected chi connectivity index (χ2v) is 11.2. The summed E-state index contributed by atoms with van der Waals surface area (Å²) in [6.45, 7) is 4.66. The minimum Gasteiger partial charge on any atom is -0.357 e. The topological polar surface area (TPSA) is 61.4 Å². The number of carbonyl (C=O) groups excluding carboxylic acids is 2. The maximum atomic E-state index is 15.3. The molecule has 1 aliphatic carbocycles. The second kappa shape index (κ2) is 9.90. The van der Waals surface area contributed by atoms with E-state index in [1.54, 1.807) is 29.5 Å². The molecule has 3 aromatic rings. The normalized spacial score (nSPS) is 18.7. The average molecular weight is 504 g/mol. The van der Waals surface area contributed by atoms with Crippen molar-refractivity contribution < 1.29 is 14.0 Å². The highest BCUT2D eigenvalue weighted by atomic mass is 32.1. The number of benzene rings is 2. The Morgan fingerprint density at radius 2 is 1.89 bits per heavy atom. The Balaban J connectivity index is 1.56. The van der Waals surface area contributed by atoms with E-state index in [1.165, 1.54) is 10.9 Å². The molecule has 5 nitrogen and oxygen atoms in total. The summed E-state index contributed by atoms with van der Waals surface area (Å²) in [5.41, 5.74) is 3.09. The van der Waals surface area contributed by atoms with Crippen molar-refractivity contribution in [3.05, 3.63) is 93.6 Å². The molecule has 1 aliphatic heterocycles. The van der Waals surface area contributed by atoms with E-state index in [0.29, 0.717) is 30.5 Å². The summed E-state index contributed by atoms with van der Waals surface area (Å²) in [7, 11) is 0. The number of carbonyl (C=O) groups is 2. The fourth-order valence-corrected chi connectivity index (χ4v) is 5.95. The highest BCUT2D eigenvalue weighted by Crippen LogP contribution is 2.48. The number of para-hydroxylation sites is 2. The Hall–Kier alpha value is -3.45. The molecule has 0 spiro atoms. The minimum atomic E-state index is -0.719.